The van der Waals surface area contributed by atoms with E-state index in [2.05, 4.69) is 42.1 Å². The highest BCUT2D eigenvalue weighted by atomic mass is 35.5. The first-order chi connectivity index (χ1) is 19.1. The summed E-state index contributed by atoms with van der Waals surface area (Å²) in [6, 6.07) is 19.5. The zero-order valence-corrected chi connectivity index (χ0v) is 23.3. The Hall–Kier alpha value is -4.37. The van der Waals surface area contributed by atoms with E-state index >= 15 is 0 Å². The average molecular weight is 566 g/mol. The Morgan fingerprint density at radius 2 is 1.60 bits per heavy atom. The van der Waals surface area contributed by atoms with Crippen LogP contribution in [0.1, 0.15) is 60.5 Å². The molecule has 0 aromatic heterocycles. The van der Waals surface area contributed by atoms with Crippen LogP contribution in [-0.4, -0.2) is 30.3 Å². The summed E-state index contributed by atoms with van der Waals surface area (Å²) >= 11 is 5.93. The normalized spacial score (nSPS) is 10.5. The van der Waals surface area contributed by atoms with Gasteiger partial charge >= 0.3 is 5.97 Å². The van der Waals surface area contributed by atoms with Crippen molar-refractivity contribution in [1.82, 2.24) is 10.9 Å². The third kappa shape index (κ3) is 9.43. The van der Waals surface area contributed by atoms with Crippen LogP contribution in [-0.2, 0) is 19.1 Å². The molecule has 0 atom stereocenters. The van der Waals surface area contributed by atoms with E-state index in [0.717, 1.165) is 16.9 Å². The maximum Gasteiger partial charge on any atom is 0.306 e. The zero-order valence-electron chi connectivity index (χ0n) is 22.6. The third-order valence-electron chi connectivity index (χ3n) is 5.74. The number of anilines is 1. The van der Waals surface area contributed by atoms with Gasteiger partial charge in [-0.25, -0.2) is 0 Å². The fraction of sp³-hybridized carbons (Fsp3) is 0.267. The highest BCUT2D eigenvalue weighted by molar-refractivity contribution is 6.33. The molecule has 10 heteroatoms. The molecule has 3 amide bonds. The van der Waals surface area contributed by atoms with Crippen molar-refractivity contribution in [2.45, 2.75) is 46.0 Å². The van der Waals surface area contributed by atoms with Crippen molar-refractivity contribution in [1.29, 1.82) is 0 Å². The zero-order chi connectivity index (χ0) is 29.1. The quantitative estimate of drug-likeness (QED) is 0.203. The Labute approximate surface area is 238 Å². The first-order valence-corrected chi connectivity index (χ1v) is 13.2. The topological polar surface area (TPSA) is 123 Å². The van der Waals surface area contributed by atoms with Crippen LogP contribution in [0.25, 0.3) is 0 Å². The van der Waals surface area contributed by atoms with E-state index in [9.17, 15) is 19.2 Å². The van der Waals surface area contributed by atoms with Crippen LogP contribution in [0.4, 0.5) is 5.69 Å². The Morgan fingerprint density at radius 1 is 0.875 bits per heavy atom. The van der Waals surface area contributed by atoms with Gasteiger partial charge in [-0.15, -0.1) is 0 Å². The molecule has 0 unspecified atom stereocenters. The molecule has 0 aliphatic carbocycles. The van der Waals surface area contributed by atoms with Gasteiger partial charge in [0, 0.05) is 18.5 Å². The number of nitrogens with one attached hydrogen (secondary N) is 3. The van der Waals surface area contributed by atoms with Gasteiger partial charge in [0.1, 0.15) is 11.5 Å². The van der Waals surface area contributed by atoms with Crippen LogP contribution >= 0.6 is 11.6 Å². The number of hydrazine groups is 1. The lowest BCUT2D eigenvalue weighted by Crippen LogP contribution is -2.43. The summed E-state index contributed by atoms with van der Waals surface area (Å²) in [5.41, 5.74) is 7.34. The highest BCUT2D eigenvalue weighted by Crippen LogP contribution is 2.32. The van der Waals surface area contributed by atoms with Crippen LogP contribution in [0.2, 0.25) is 5.02 Å². The molecular weight excluding hydrogens is 534 g/mol. The molecule has 0 spiro atoms. The fourth-order valence-corrected chi connectivity index (χ4v) is 3.87. The predicted octanol–water partition coefficient (Wildman–Crippen LogP) is 5.68. The van der Waals surface area contributed by atoms with Gasteiger partial charge in [-0.05, 0) is 72.9 Å². The van der Waals surface area contributed by atoms with Crippen molar-refractivity contribution in [3.8, 4) is 11.5 Å². The Kier molecular flexibility index (Phi) is 11.1. The number of carbonyl (C=O) groups excluding carboxylic acids is 4. The number of carbonyl (C=O) groups is 4. The number of ether oxygens (including phenoxy) is 2. The first-order valence-electron chi connectivity index (χ1n) is 12.8. The van der Waals surface area contributed by atoms with Gasteiger partial charge in [-0.3, -0.25) is 30.0 Å². The summed E-state index contributed by atoms with van der Waals surface area (Å²) in [5.74, 6) is -0.456. The van der Waals surface area contributed by atoms with Crippen molar-refractivity contribution in [3.63, 3.8) is 0 Å². The molecule has 0 saturated carbocycles. The van der Waals surface area contributed by atoms with Crippen LogP contribution in [0.15, 0.2) is 66.7 Å². The number of amides is 3. The molecule has 0 radical (unpaired) electrons. The summed E-state index contributed by atoms with van der Waals surface area (Å²) in [4.78, 5) is 48.0. The second kappa shape index (κ2) is 14.7. The predicted molar refractivity (Wildman–Crippen MR) is 152 cm³/mol. The molecule has 3 aromatic carbocycles. The number of hydrogen-bond donors (Lipinski definition) is 3. The second-order valence-electron chi connectivity index (χ2n) is 9.37. The minimum Gasteiger partial charge on any atom is -0.457 e. The van der Waals surface area contributed by atoms with E-state index in [4.69, 9.17) is 21.1 Å². The largest absolute Gasteiger partial charge is 0.457 e. The van der Waals surface area contributed by atoms with E-state index in [1.807, 2.05) is 13.0 Å². The van der Waals surface area contributed by atoms with E-state index in [-0.39, 0.29) is 35.8 Å². The molecule has 0 saturated heterocycles. The first kappa shape index (κ1) is 30.2. The molecule has 3 rings (SSSR count). The smallest absolute Gasteiger partial charge is 0.306 e. The van der Waals surface area contributed by atoms with Crippen LogP contribution < -0.4 is 20.9 Å². The van der Waals surface area contributed by atoms with Gasteiger partial charge in [0.2, 0.25) is 5.91 Å². The van der Waals surface area contributed by atoms with Crippen LogP contribution in [0, 0.1) is 6.92 Å². The van der Waals surface area contributed by atoms with Crippen LogP contribution in [0.3, 0.4) is 0 Å². The highest BCUT2D eigenvalue weighted by Gasteiger charge is 2.13. The number of hydrogen-bond acceptors (Lipinski definition) is 6. The molecule has 0 aliphatic rings. The van der Waals surface area contributed by atoms with Gasteiger partial charge in [-0.1, -0.05) is 49.7 Å². The third-order valence-corrected chi connectivity index (χ3v) is 6.07. The Morgan fingerprint density at radius 3 is 2.30 bits per heavy atom. The summed E-state index contributed by atoms with van der Waals surface area (Å²) in [7, 11) is 0. The van der Waals surface area contributed by atoms with E-state index in [1.165, 1.54) is 6.07 Å². The molecule has 0 fully saturated rings. The van der Waals surface area contributed by atoms with E-state index < -0.39 is 24.4 Å². The number of aryl methyl sites for hydroxylation is 1. The second-order valence-corrected chi connectivity index (χ2v) is 9.77. The Bertz CT molecular complexity index is 1360. The minimum atomic E-state index is -0.721. The van der Waals surface area contributed by atoms with Gasteiger partial charge in [0.05, 0.1) is 10.6 Å². The minimum absolute atomic E-state index is 0.0475. The molecule has 40 heavy (non-hydrogen) atoms. The molecule has 3 aromatic rings. The molecular formula is C30H32ClN3O6. The van der Waals surface area contributed by atoms with E-state index in [0.29, 0.717) is 17.4 Å². The number of halogens is 1. The average Bonchev–Trinajstić information content (AvgIpc) is 2.91. The Balaban J connectivity index is 1.34. The number of esters is 1. The van der Waals surface area contributed by atoms with Crippen molar-refractivity contribution in [2.75, 3.05) is 11.9 Å². The van der Waals surface area contributed by atoms with Gasteiger partial charge in [0.15, 0.2) is 6.61 Å². The van der Waals surface area contributed by atoms with Crippen molar-refractivity contribution < 1.29 is 28.7 Å². The maximum absolute atomic E-state index is 12.3. The lowest BCUT2D eigenvalue weighted by Gasteiger charge is -2.15. The lowest BCUT2D eigenvalue weighted by molar-refractivity contribution is -0.148. The maximum atomic E-state index is 12.3. The molecule has 3 N–H and O–H groups in total. The van der Waals surface area contributed by atoms with Gasteiger partial charge in [-0.2, -0.15) is 0 Å². The standard InChI is InChI=1S/C30H32ClN3O6/c1-19(2)23-16-11-20(3)17-26(23)40-22-14-12-21(13-15-22)32-27(35)9-6-10-29(37)39-18-28(36)33-34-30(38)24-7-4-5-8-25(24)31/h4-5,7-8,11-17,19H,6,9-10,18H2,1-3H3,(H,32,35)(H,33,36)(H,34,38). The number of benzene rings is 3. The van der Waals surface area contributed by atoms with Gasteiger partial charge in [0.25, 0.3) is 11.8 Å². The molecule has 0 aliphatic heterocycles. The molecule has 0 bridgehead atoms. The molecule has 9 nitrogen and oxygen atoms in total. The van der Waals surface area contributed by atoms with Crippen molar-refractivity contribution in [3.05, 3.63) is 88.4 Å². The summed E-state index contributed by atoms with van der Waals surface area (Å²) in [6.45, 7) is 5.65. The summed E-state index contributed by atoms with van der Waals surface area (Å²) < 4.78 is 11.0. The van der Waals surface area contributed by atoms with Crippen LogP contribution in [0.5, 0.6) is 11.5 Å². The monoisotopic (exact) mass is 565 g/mol. The molecule has 210 valence electrons. The molecule has 0 heterocycles. The SMILES string of the molecule is Cc1ccc(C(C)C)c(Oc2ccc(NC(=O)CCCC(=O)OCC(=O)NNC(=O)c3ccccc3Cl)cc2)c1. The van der Waals surface area contributed by atoms with Gasteiger partial charge < -0.3 is 14.8 Å². The van der Waals surface area contributed by atoms with E-state index in [1.54, 1.807) is 42.5 Å². The fourth-order valence-electron chi connectivity index (χ4n) is 3.65. The summed E-state index contributed by atoms with van der Waals surface area (Å²) in [6.07, 6.45) is 0.282. The van der Waals surface area contributed by atoms with Crippen molar-refractivity contribution >= 4 is 41.0 Å². The number of rotatable bonds is 11. The van der Waals surface area contributed by atoms with Crippen molar-refractivity contribution in [2.24, 2.45) is 0 Å². The lowest BCUT2D eigenvalue weighted by atomic mass is 10.0. The summed E-state index contributed by atoms with van der Waals surface area (Å²) in [5, 5.41) is 3.01.